The van der Waals surface area contributed by atoms with E-state index in [9.17, 15) is 18.0 Å². The fourth-order valence-corrected chi connectivity index (χ4v) is 4.62. The molecule has 2 aliphatic heterocycles. The molecule has 0 saturated carbocycles. The second-order valence-corrected chi connectivity index (χ2v) is 7.90. The lowest BCUT2D eigenvalue weighted by molar-refractivity contribution is -0.137. The van der Waals surface area contributed by atoms with Crippen LogP contribution in [0.4, 0.5) is 24.5 Å². The Kier molecular flexibility index (Phi) is 6.27. The Morgan fingerprint density at radius 1 is 0.964 bits per heavy atom. The van der Waals surface area contributed by atoms with Crippen LogP contribution in [-0.2, 0) is 11.0 Å². The smallest absolute Gasteiger partial charge is 0.416 e. The predicted octanol–water partition coefficient (Wildman–Crippen LogP) is 2.32. The molecule has 0 unspecified atom stereocenters. The van der Waals surface area contributed by atoms with Crippen LogP contribution in [0.1, 0.15) is 24.8 Å². The normalized spacial score (nSPS) is 16.8. The Hall–Kier alpha value is -1.70. The quantitative estimate of drug-likeness (QED) is 0.735. The van der Waals surface area contributed by atoms with Gasteiger partial charge in [-0.15, -0.1) is 0 Å². The number of piperidine rings is 1. The van der Waals surface area contributed by atoms with Crippen LogP contribution in [0.3, 0.4) is 0 Å². The molecule has 4 rings (SSSR count). The number of nitrogens with zero attached hydrogens (tertiary/aromatic N) is 2. The summed E-state index contributed by atoms with van der Waals surface area (Å²) >= 11 is 1.39. The number of carbonyl (C=O) groups excluding carboxylic acids is 1. The highest BCUT2D eigenvalue weighted by atomic mass is 35.5. The summed E-state index contributed by atoms with van der Waals surface area (Å²) in [7, 11) is 0. The van der Waals surface area contributed by atoms with Gasteiger partial charge in [-0.25, -0.2) is 0 Å². The Bertz CT molecular complexity index is 869. The van der Waals surface area contributed by atoms with E-state index in [4.69, 9.17) is 0 Å². The van der Waals surface area contributed by atoms with Gasteiger partial charge in [0.2, 0.25) is 5.91 Å². The van der Waals surface area contributed by atoms with Crippen LogP contribution in [0.25, 0.3) is 0 Å². The Balaban J connectivity index is 0.00000225. The highest BCUT2D eigenvalue weighted by molar-refractivity contribution is 7.99. The van der Waals surface area contributed by atoms with E-state index in [1.165, 1.54) is 22.7 Å². The van der Waals surface area contributed by atoms with Crippen molar-refractivity contribution >= 4 is 29.0 Å². The van der Waals surface area contributed by atoms with Crippen molar-refractivity contribution in [3.63, 3.8) is 0 Å². The van der Waals surface area contributed by atoms with Crippen molar-refractivity contribution in [2.24, 2.45) is 0 Å². The Morgan fingerprint density at radius 3 is 2.36 bits per heavy atom. The maximum atomic E-state index is 13.2. The first-order valence-electron chi connectivity index (χ1n) is 8.97. The molecule has 0 aromatic heterocycles. The molecule has 8 heteroatoms. The van der Waals surface area contributed by atoms with Gasteiger partial charge in [-0.05, 0) is 56.3 Å². The largest absolute Gasteiger partial charge is 1.00 e. The lowest BCUT2D eigenvalue weighted by atomic mass is 10.1. The zero-order valence-corrected chi connectivity index (χ0v) is 16.6. The Labute approximate surface area is 172 Å². The number of rotatable bonds is 2. The molecule has 1 fully saturated rings. The third-order valence-corrected chi connectivity index (χ3v) is 6.04. The number of amides is 1. The van der Waals surface area contributed by atoms with Gasteiger partial charge in [-0.2, -0.15) is 13.2 Å². The zero-order valence-electron chi connectivity index (χ0n) is 15.0. The first kappa shape index (κ1) is 21.0. The van der Waals surface area contributed by atoms with Crippen molar-refractivity contribution in [2.75, 3.05) is 24.5 Å². The summed E-state index contributed by atoms with van der Waals surface area (Å²) in [5, 5.41) is 0. The third kappa shape index (κ3) is 4.16. The zero-order chi connectivity index (χ0) is 19.0. The van der Waals surface area contributed by atoms with E-state index in [0.29, 0.717) is 16.3 Å². The van der Waals surface area contributed by atoms with Gasteiger partial charge >= 0.3 is 6.18 Å². The van der Waals surface area contributed by atoms with Crippen molar-refractivity contribution in [1.82, 2.24) is 4.90 Å². The van der Waals surface area contributed by atoms with Gasteiger partial charge < -0.3 is 12.4 Å². The lowest BCUT2D eigenvalue weighted by Crippen LogP contribution is -3.00. The fourth-order valence-electron chi connectivity index (χ4n) is 3.58. The van der Waals surface area contributed by atoms with Crippen LogP contribution in [0.15, 0.2) is 52.3 Å². The van der Waals surface area contributed by atoms with Crippen LogP contribution in [0, 0.1) is 0 Å². The predicted molar refractivity (Wildman–Crippen MR) is 99.4 cm³/mol. The minimum absolute atomic E-state index is 0. The molecule has 3 nitrogen and oxygen atoms in total. The average Bonchev–Trinajstić information content (AvgIpc) is 2.65. The van der Waals surface area contributed by atoms with Gasteiger partial charge in [0.15, 0.2) is 0 Å². The highest BCUT2D eigenvalue weighted by Gasteiger charge is 2.35. The third-order valence-electron chi connectivity index (χ3n) is 4.91. The molecule has 2 aliphatic rings. The number of para-hydroxylation sites is 1. The molecule has 0 atom stereocenters. The van der Waals surface area contributed by atoms with Gasteiger partial charge in [0, 0.05) is 9.79 Å². The van der Waals surface area contributed by atoms with Crippen LogP contribution in [0.2, 0.25) is 0 Å². The maximum Gasteiger partial charge on any atom is 0.416 e. The van der Waals surface area contributed by atoms with Gasteiger partial charge in [0.05, 0.1) is 23.5 Å². The van der Waals surface area contributed by atoms with Crippen LogP contribution in [-0.4, -0.2) is 30.4 Å². The van der Waals surface area contributed by atoms with Crippen LogP contribution < -0.4 is 17.3 Å². The first-order valence-corrected chi connectivity index (χ1v) is 9.78. The number of benzene rings is 2. The molecule has 2 heterocycles. The Morgan fingerprint density at radius 2 is 1.64 bits per heavy atom. The number of hydrogen-bond donors (Lipinski definition) is 0. The molecule has 0 aliphatic carbocycles. The molecule has 0 N–H and O–H groups in total. The number of likely N-dealkylation sites (tertiary alicyclic amines) is 1. The van der Waals surface area contributed by atoms with Crippen molar-refractivity contribution < 1.29 is 30.4 Å². The number of alkyl halides is 3. The van der Waals surface area contributed by atoms with Crippen LogP contribution in [0.5, 0.6) is 0 Å². The van der Waals surface area contributed by atoms with Gasteiger partial charge in [0.1, 0.15) is 0 Å². The minimum Gasteiger partial charge on any atom is -1.00 e. The molecule has 1 amide bonds. The van der Waals surface area contributed by atoms with Gasteiger partial charge in [-0.3, -0.25) is 14.6 Å². The number of fused-ring (bicyclic) bond motifs is 2. The number of anilines is 2. The van der Waals surface area contributed by atoms with E-state index in [1.807, 2.05) is 12.1 Å². The molecule has 1 saturated heterocycles. The summed E-state index contributed by atoms with van der Waals surface area (Å²) in [6.45, 7) is 1.92. The molecule has 2 aromatic rings. The number of carbonyl (C=O) groups is 1. The standard InChI is InChI=1S/C20H19F3N2OS.ClH/c21-20(22,23)14-8-9-18-16(12-14)25(15-6-2-3-7-17(15)27-18)19(26)13-24-10-4-1-5-11-24;/h2-3,6-9,12H,1,4-5,10-11,13H2;1H/p-1. The summed E-state index contributed by atoms with van der Waals surface area (Å²) < 4.78 is 39.7. The molecule has 0 radical (unpaired) electrons. The number of halogens is 4. The number of hydrogen-bond acceptors (Lipinski definition) is 3. The van der Waals surface area contributed by atoms with E-state index in [-0.39, 0.29) is 24.9 Å². The molecule has 0 bridgehead atoms. The second kappa shape index (κ2) is 8.35. The summed E-state index contributed by atoms with van der Waals surface area (Å²) in [4.78, 5) is 18.2. The van der Waals surface area contributed by atoms with Gasteiger partial charge in [0.25, 0.3) is 0 Å². The topological polar surface area (TPSA) is 23.6 Å². The van der Waals surface area contributed by atoms with Crippen molar-refractivity contribution in [3.05, 3.63) is 48.0 Å². The first-order chi connectivity index (χ1) is 12.9. The minimum atomic E-state index is -4.45. The van der Waals surface area contributed by atoms with Crippen molar-refractivity contribution in [1.29, 1.82) is 0 Å². The van der Waals surface area contributed by atoms with Crippen molar-refractivity contribution in [3.8, 4) is 0 Å². The summed E-state index contributed by atoms with van der Waals surface area (Å²) in [5.41, 5.74) is 0.226. The van der Waals surface area contributed by atoms with Gasteiger partial charge in [-0.1, -0.05) is 30.3 Å². The molecular formula is C20H19ClF3N2OS-. The second-order valence-electron chi connectivity index (χ2n) is 6.82. The van der Waals surface area contributed by atoms with E-state index >= 15 is 0 Å². The monoisotopic (exact) mass is 427 g/mol. The van der Waals surface area contributed by atoms with Crippen LogP contribution >= 0.6 is 11.8 Å². The summed E-state index contributed by atoms with van der Waals surface area (Å²) in [5.74, 6) is -0.190. The lowest BCUT2D eigenvalue weighted by Gasteiger charge is -2.34. The molecular weight excluding hydrogens is 409 g/mol. The SMILES string of the molecule is O=C(CN1CCCCC1)N1c2ccccc2Sc2ccc(C(F)(F)F)cc21.[Cl-]. The van der Waals surface area contributed by atoms with E-state index in [2.05, 4.69) is 4.90 Å². The van der Waals surface area contributed by atoms with E-state index in [1.54, 1.807) is 12.1 Å². The van der Waals surface area contributed by atoms with E-state index < -0.39 is 11.7 Å². The molecule has 150 valence electrons. The highest BCUT2D eigenvalue weighted by Crippen LogP contribution is 2.49. The molecule has 2 aromatic carbocycles. The molecule has 28 heavy (non-hydrogen) atoms. The summed E-state index contributed by atoms with van der Waals surface area (Å²) in [6, 6.07) is 11.0. The summed E-state index contributed by atoms with van der Waals surface area (Å²) in [6.07, 6.45) is -1.19. The average molecular weight is 428 g/mol. The fraction of sp³-hybridized carbons (Fsp3) is 0.350. The van der Waals surface area contributed by atoms with Crippen molar-refractivity contribution in [2.45, 2.75) is 35.2 Å². The van der Waals surface area contributed by atoms with E-state index in [0.717, 1.165) is 49.4 Å². The molecule has 0 spiro atoms. The maximum absolute atomic E-state index is 13.2.